The third kappa shape index (κ3) is 78.7. The zero-order valence-corrected chi connectivity index (χ0v) is 71.5. The van der Waals surface area contributed by atoms with Crippen LogP contribution in [0, 0.1) is 11.8 Å². The number of unbranched alkanes of at least 4 members (excludes halogenated alkanes) is 55. The number of carbonyl (C=O) groups is 4. The Kier molecular flexibility index (Phi) is 76.9. The Labute approximate surface area is 651 Å². The van der Waals surface area contributed by atoms with Crippen LogP contribution in [0.3, 0.4) is 0 Å². The average molecular weight is 1550 g/mol. The minimum absolute atomic E-state index is 0.108. The molecule has 0 amide bonds. The molecule has 19 heteroatoms. The zero-order valence-electron chi connectivity index (χ0n) is 69.7. The van der Waals surface area contributed by atoms with Gasteiger partial charge in [-0.1, -0.05) is 414 Å². The second kappa shape index (κ2) is 78.3. The number of esters is 4. The summed E-state index contributed by atoms with van der Waals surface area (Å²) in [6.07, 6.45) is 70.7. The van der Waals surface area contributed by atoms with Gasteiger partial charge in [0.05, 0.1) is 26.4 Å². The second-order valence-corrected chi connectivity index (χ2v) is 34.9. The maximum absolute atomic E-state index is 13.2. The number of aliphatic hydroxyl groups excluding tert-OH is 1. The van der Waals surface area contributed by atoms with Crippen LogP contribution in [0.5, 0.6) is 0 Å². The van der Waals surface area contributed by atoms with Gasteiger partial charge < -0.3 is 33.8 Å². The van der Waals surface area contributed by atoms with E-state index in [-0.39, 0.29) is 25.7 Å². The van der Waals surface area contributed by atoms with Gasteiger partial charge in [0.15, 0.2) is 12.2 Å². The fourth-order valence-electron chi connectivity index (χ4n) is 13.6. The molecule has 0 fully saturated rings. The minimum Gasteiger partial charge on any atom is -0.462 e. The highest BCUT2D eigenvalue weighted by Crippen LogP contribution is 2.45. The molecule has 0 heterocycles. The minimum atomic E-state index is -4.97. The molecule has 0 aromatic heterocycles. The van der Waals surface area contributed by atoms with E-state index in [0.29, 0.717) is 25.7 Å². The third-order valence-corrected chi connectivity index (χ3v) is 22.7. The van der Waals surface area contributed by atoms with E-state index in [1.165, 1.54) is 283 Å². The molecular formula is C87H170O17P2. The van der Waals surface area contributed by atoms with E-state index in [1.54, 1.807) is 0 Å². The molecule has 0 saturated heterocycles. The average Bonchev–Trinajstić information content (AvgIpc) is 0.902. The second-order valence-electron chi connectivity index (χ2n) is 32.0. The lowest BCUT2D eigenvalue weighted by atomic mass is 9.99. The van der Waals surface area contributed by atoms with Gasteiger partial charge in [-0.15, -0.1) is 0 Å². The Balaban J connectivity index is 5.26. The summed E-state index contributed by atoms with van der Waals surface area (Å²) in [6, 6.07) is 0. The van der Waals surface area contributed by atoms with Gasteiger partial charge in [-0.25, -0.2) is 9.13 Å². The van der Waals surface area contributed by atoms with Gasteiger partial charge in [0.1, 0.15) is 19.3 Å². The van der Waals surface area contributed by atoms with Crippen LogP contribution in [0.2, 0.25) is 0 Å². The van der Waals surface area contributed by atoms with Gasteiger partial charge in [-0.05, 0) is 37.5 Å². The lowest BCUT2D eigenvalue weighted by Gasteiger charge is -2.21. The molecule has 6 atom stereocenters. The van der Waals surface area contributed by atoms with Gasteiger partial charge >= 0.3 is 39.5 Å². The first-order valence-electron chi connectivity index (χ1n) is 45.0. The van der Waals surface area contributed by atoms with Crippen molar-refractivity contribution in [2.45, 2.75) is 484 Å². The standard InChI is InChI=1S/C87H170O17P2/c1-7-10-12-14-16-18-20-22-24-26-28-32-36-40-44-51-57-63-69-84(89)97-75-82(103-86(91)72-66-60-54-46-42-38-34-30-31-35-39-43-49-55-61-67-79(4)5)77-101-105(93,94)99-73-81(88)74-100-106(95,96)102-78-83(76-98-85(90)70-64-58-52-48-47-50-56-62-68-80(6)9-3)104-87(92)71-65-59-53-45-41-37-33-29-27-25-23-21-19-17-15-13-11-8-2/h79-83,88H,7-78H2,1-6H3,(H,93,94)(H,95,96)/t80?,81-,82-,83-/m1/s1. The lowest BCUT2D eigenvalue weighted by molar-refractivity contribution is -0.161. The first kappa shape index (κ1) is 104. The van der Waals surface area contributed by atoms with Crippen molar-refractivity contribution in [1.29, 1.82) is 0 Å². The number of hydrogen-bond acceptors (Lipinski definition) is 15. The quantitative estimate of drug-likeness (QED) is 0.0222. The van der Waals surface area contributed by atoms with E-state index in [9.17, 15) is 43.2 Å². The smallest absolute Gasteiger partial charge is 0.462 e. The van der Waals surface area contributed by atoms with Crippen molar-refractivity contribution in [2.24, 2.45) is 11.8 Å². The molecule has 3 unspecified atom stereocenters. The van der Waals surface area contributed by atoms with Crippen molar-refractivity contribution in [3.8, 4) is 0 Å². The molecule has 3 N–H and O–H groups in total. The van der Waals surface area contributed by atoms with Gasteiger partial charge in [-0.3, -0.25) is 37.3 Å². The molecule has 0 aromatic carbocycles. The highest BCUT2D eigenvalue weighted by atomic mass is 31.2. The molecule has 0 aromatic rings. The summed E-state index contributed by atoms with van der Waals surface area (Å²) in [5, 5.41) is 10.7. The Hall–Kier alpha value is -1.94. The molecule has 0 bridgehead atoms. The Morgan fingerprint density at radius 3 is 0.717 bits per heavy atom. The molecule has 0 rings (SSSR count). The van der Waals surface area contributed by atoms with Crippen LogP contribution in [0.25, 0.3) is 0 Å². The summed E-state index contributed by atoms with van der Waals surface area (Å²) in [4.78, 5) is 73.3. The Morgan fingerprint density at radius 2 is 0.481 bits per heavy atom. The highest BCUT2D eigenvalue weighted by molar-refractivity contribution is 7.47. The molecule has 0 aliphatic carbocycles. The molecule has 0 spiro atoms. The summed E-state index contributed by atoms with van der Waals surface area (Å²) in [7, 11) is -9.93. The zero-order chi connectivity index (χ0) is 77.8. The van der Waals surface area contributed by atoms with Gasteiger partial charge in [0, 0.05) is 25.7 Å². The van der Waals surface area contributed by atoms with Crippen LogP contribution in [0.1, 0.15) is 465 Å². The lowest BCUT2D eigenvalue weighted by Crippen LogP contribution is -2.30. The van der Waals surface area contributed by atoms with Crippen molar-refractivity contribution in [2.75, 3.05) is 39.6 Å². The van der Waals surface area contributed by atoms with Crippen LogP contribution in [-0.4, -0.2) is 96.7 Å². The fraction of sp³-hybridized carbons (Fsp3) is 0.954. The third-order valence-electron chi connectivity index (χ3n) is 20.8. The van der Waals surface area contributed by atoms with E-state index in [4.69, 9.17) is 37.0 Å². The first-order chi connectivity index (χ1) is 51.4. The van der Waals surface area contributed by atoms with E-state index >= 15 is 0 Å². The van der Waals surface area contributed by atoms with E-state index in [0.717, 1.165) is 102 Å². The maximum Gasteiger partial charge on any atom is 0.472 e. The monoisotopic (exact) mass is 1550 g/mol. The molecule has 0 aliphatic rings. The van der Waals surface area contributed by atoms with Crippen LogP contribution in [0.4, 0.5) is 0 Å². The molecule has 106 heavy (non-hydrogen) atoms. The van der Waals surface area contributed by atoms with Gasteiger partial charge in [-0.2, -0.15) is 0 Å². The summed E-state index contributed by atoms with van der Waals surface area (Å²) in [5.74, 6) is -0.520. The number of carbonyl (C=O) groups excluding carboxylic acids is 4. The highest BCUT2D eigenvalue weighted by Gasteiger charge is 2.30. The normalized spacial score (nSPS) is 14.1. The summed E-state index contributed by atoms with van der Waals surface area (Å²) >= 11 is 0. The van der Waals surface area contributed by atoms with Crippen molar-refractivity contribution >= 4 is 39.5 Å². The first-order valence-corrected chi connectivity index (χ1v) is 48.0. The fourth-order valence-corrected chi connectivity index (χ4v) is 15.1. The molecule has 0 aliphatic heterocycles. The predicted octanol–water partition coefficient (Wildman–Crippen LogP) is 26.6. The van der Waals surface area contributed by atoms with Crippen LogP contribution < -0.4 is 0 Å². The van der Waals surface area contributed by atoms with Crippen molar-refractivity contribution < 1.29 is 80.2 Å². The summed E-state index contributed by atoms with van der Waals surface area (Å²) < 4.78 is 69.0. The molecule has 0 saturated carbocycles. The molecular weight excluding hydrogens is 1380 g/mol. The number of rotatable bonds is 86. The van der Waals surface area contributed by atoms with Crippen molar-refractivity contribution in [3.63, 3.8) is 0 Å². The molecule has 630 valence electrons. The number of phosphoric acid groups is 2. The molecule has 0 radical (unpaired) electrons. The van der Waals surface area contributed by atoms with Crippen molar-refractivity contribution in [1.82, 2.24) is 0 Å². The van der Waals surface area contributed by atoms with Crippen LogP contribution in [-0.2, 0) is 65.4 Å². The number of hydrogen-bond donors (Lipinski definition) is 3. The van der Waals surface area contributed by atoms with E-state index < -0.39 is 97.5 Å². The van der Waals surface area contributed by atoms with E-state index in [1.807, 2.05) is 0 Å². The predicted molar refractivity (Wildman–Crippen MR) is 437 cm³/mol. The largest absolute Gasteiger partial charge is 0.472 e. The summed E-state index contributed by atoms with van der Waals surface area (Å²) in [5.41, 5.74) is 0. The van der Waals surface area contributed by atoms with Crippen molar-refractivity contribution in [3.05, 3.63) is 0 Å². The number of aliphatic hydroxyl groups is 1. The van der Waals surface area contributed by atoms with Crippen LogP contribution in [0.15, 0.2) is 0 Å². The maximum atomic E-state index is 13.2. The van der Waals surface area contributed by atoms with Gasteiger partial charge in [0.2, 0.25) is 0 Å². The Bertz CT molecular complexity index is 2030. The topological polar surface area (TPSA) is 237 Å². The summed E-state index contributed by atoms with van der Waals surface area (Å²) in [6.45, 7) is 9.71. The number of phosphoric ester groups is 2. The van der Waals surface area contributed by atoms with E-state index in [2.05, 4.69) is 41.5 Å². The van der Waals surface area contributed by atoms with Gasteiger partial charge in [0.25, 0.3) is 0 Å². The number of ether oxygens (including phenoxy) is 4. The Morgan fingerprint density at radius 1 is 0.274 bits per heavy atom. The van der Waals surface area contributed by atoms with Crippen LogP contribution >= 0.6 is 15.6 Å². The molecule has 17 nitrogen and oxygen atoms in total. The SMILES string of the molecule is CCCCCCCCCCCCCCCCCCCCC(=O)OC[C@H](COP(=O)(O)OC[C@@H](O)COP(=O)(O)OC[C@@H](COC(=O)CCCCCCCCCCC(C)CC)OC(=O)CCCCCCCCCCCCCCCCCCCC)OC(=O)CCCCCCCCCCCCCCCCCC(C)C.